The molecule has 0 unspecified atom stereocenters. The zero-order valence-electron chi connectivity index (χ0n) is 10.2. The van der Waals surface area contributed by atoms with Crippen LogP contribution >= 0.6 is 0 Å². The molecular formula is C15H14N2O. The van der Waals surface area contributed by atoms with Gasteiger partial charge < -0.3 is 9.14 Å². The van der Waals surface area contributed by atoms with E-state index in [9.17, 15) is 0 Å². The molecule has 3 rings (SSSR count). The van der Waals surface area contributed by atoms with Gasteiger partial charge >= 0.3 is 0 Å². The maximum Gasteiger partial charge on any atom is 0.136 e. The molecule has 18 heavy (non-hydrogen) atoms. The largest absolute Gasteiger partial charge is 0.496 e. The van der Waals surface area contributed by atoms with E-state index >= 15 is 0 Å². The fourth-order valence-electron chi connectivity index (χ4n) is 2.12. The molecule has 0 N–H and O–H groups in total. The van der Waals surface area contributed by atoms with E-state index < -0.39 is 0 Å². The van der Waals surface area contributed by atoms with Crippen LogP contribution in [0.25, 0.3) is 5.65 Å². The zero-order valence-corrected chi connectivity index (χ0v) is 10.2. The van der Waals surface area contributed by atoms with Gasteiger partial charge in [-0.25, -0.2) is 4.98 Å². The zero-order chi connectivity index (χ0) is 12.4. The Balaban J connectivity index is 1.96. The first-order valence-corrected chi connectivity index (χ1v) is 5.91. The first kappa shape index (κ1) is 10.8. The molecular weight excluding hydrogens is 224 g/mol. The highest BCUT2D eigenvalue weighted by Gasteiger charge is 2.06. The van der Waals surface area contributed by atoms with Crippen LogP contribution in [0.5, 0.6) is 5.75 Å². The molecule has 0 radical (unpaired) electrons. The third-order valence-corrected chi connectivity index (χ3v) is 2.98. The molecule has 0 saturated heterocycles. The van der Waals surface area contributed by atoms with Gasteiger partial charge in [0.15, 0.2) is 0 Å². The van der Waals surface area contributed by atoms with Crippen molar-refractivity contribution in [1.29, 1.82) is 0 Å². The van der Waals surface area contributed by atoms with Gasteiger partial charge in [-0.2, -0.15) is 0 Å². The summed E-state index contributed by atoms with van der Waals surface area (Å²) in [6.45, 7) is 0. The Labute approximate surface area is 106 Å². The van der Waals surface area contributed by atoms with Crippen molar-refractivity contribution in [2.75, 3.05) is 7.11 Å². The van der Waals surface area contributed by atoms with Gasteiger partial charge in [0, 0.05) is 24.4 Å². The van der Waals surface area contributed by atoms with Crippen molar-refractivity contribution in [2.24, 2.45) is 0 Å². The summed E-state index contributed by atoms with van der Waals surface area (Å²) in [5, 5.41) is 0. The molecule has 0 spiro atoms. The van der Waals surface area contributed by atoms with Crippen LogP contribution < -0.4 is 4.74 Å². The summed E-state index contributed by atoms with van der Waals surface area (Å²) in [6.07, 6.45) is 4.85. The van der Waals surface area contributed by atoms with Gasteiger partial charge in [-0.1, -0.05) is 24.3 Å². The summed E-state index contributed by atoms with van der Waals surface area (Å²) < 4.78 is 7.39. The summed E-state index contributed by atoms with van der Waals surface area (Å²) >= 11 is 0. The topological polar surface area (TPSA) is 26.5 Å². The second-order valence-electron chi connectivity index (χ2n) is 4.19. The van der Waals surface area contributed by atoms with Crippen molar-refractivity contribution in [3.05, 3.63) is 66.1 Å². The van der Waals surface area contributed by atoms with E-state index in [-0.39, 0.29) is 0 Å². The molecule has 2 aromatic heterocycles. The van der Waals surface area contributed by atoms with Crippen molar-refractivity contribution < 1.29 is 4.74 Å². The van der Waals surface area contributed by atoms with E-state index in [0.717, 1.165) is 29.1 Å². The average Bonchev–Trinajstić information content (AvgIpc) is 2.81. The molecule has 0 bridgehead atoms. The van der Waals surface area contributed by atoms with Crippen LogP contribution in [0.3, 0.4) is 0 Å². The Kier molecular flexibility index (Phi) is 2.73. The number of benzene rings is 1. The van der Waals surface area contributed by atoms with Gasteiger partial charge in [-0.05, 0) is 18.2 Å². The lowest BCUT2D eigenvalue weighted by molar-refractivity contribution is 0.410. The number of para-hydroxylation sites is 1. The van der Waals surface area contributed by atoms with E-state index in [1.807, 2.05) is 47.0 Å². The lowest BCUT2D eigenvalue weighted by atomic mass is 10.1. The number of rotatable bonds is 3. The quantitative estimate of drug-likeness (QED) is 0.701. The standard InChI is InChI=1S/C15H14N2O/c1-18-14-7-3-2-6-12(14)10-13-11-17-9-5-4-8-15(17)16-13/h2-9,11H,10H2,1H3. The van der Waals surface area contributed by atoms with E-state index in [2.05, 4.69) is 17.2 Å². The summed E-state index contributed by atoms with van der Waals surface area (Å²) in [6, 6.07) is 14.1. The van der Waals surface area contributed by atoms with Crippen LogP contribution in [0, 0.1) is 0 Å². The molecule has 0 saturated carbocycles. The van der Waals surface area contributed by atoms with Crippen LogP contribution in [-0.2, 0) is 6.42 Å². The number of aromatic nitrogens is 2. The number of methoxy groups -OCH3 is 1. The van der Waals surface area contributed by atoms with E-state index in [4.69, 9.17) is 4.74 Å². The summed E-state index contributed by atoms with van der Waals surface area (Å²) in [4.78, 5) is 4.59. The second-order valence-corrected chi connectivity index (χ2v) is 4.19. The molecule has 0 aliphatic heterocycles. The minimum atomic E-state index is 0.783. The van der Waals surface area contributed by atoms with Crippen LogP contribution in [-0.4, -0.2) is 16.5 Å². The SMILES string of the molecule is COc1ccccc1Cc1cn2ccccc2n1. The number of fused-ring (bicyclic) bond motifs is 1. The minimum Gasteiger partial charge on any atom is -0.496 e. The van der Waals surface area contributed by atoms with Crippen LogP contribution in [0.4, 0.5) is 0 Å². The smallest absolute Gasteiger partial charge is 0.136 e. The average molecular weight is 238 g/mol. The third kappa shape index (κ3) is 1.95. The normalized spacial score (nSPS) is 10.7. The Morgan fingerprint density at radius 3 is 2.78 bits per heavy atom. The Morgan fingerprint density at radius 2 is 1.94 bits per heavy atom. The van der Waals surface area contributed by atoms with Gasteiger partial charge in [0.05, 0.1) is 12.8 Å². The van der Waals surface area contributed by atoms with Crippen molar-refractivity contribution in [1.82, 2.24) is 9.38 Å². The number of hydrogen-bond donors (Lipinski definition) is 0. The molecule has 0 amide bonds. The predicted octanol–water partition coefficient (Wildman–Crippen LogP) is 2.93. The summed E-state index contributed by atoms with van der Waals surface area (Å²) in [5.74, 6) is 0.912. The van der Waals surface area contributed by atoms with E-state index in [1.165, 1.54) is 0 Å². The number of hydrogen-bond acceptors (Lipinski definition) is 2. The van der Waals surface area contributed by atoms with Gasteiger partial charge in [0.1, 0.15) is 11.4 Å². The van der Waals surface area contributed by atoms with Crippen molar-refractivity contribution in [3.8, 4) is 5.75 Å². The van der Waals surface area contributed by atoms with Gasteiger partial charge in [-0.15, -0.1) is 0 Å². The van der Waals surface area contributed by atoms with Crippen molar-refractivity contribution >= 4 is 5.65 Å². The lowest BCUT2D eigenvalue weighted by Gasteiger charge is -2.05. The number of nitrogens with zero attached hydrogens (tertiary/aromatic N) is 2. The first-order valence-electron chi connectivity index (χ1n) is 5.91. The second kappa shape index (κ2) is 4.53. The molecule has 0 atom stereocenters. The van der Waals surface area contributed by atoms with Crippen molar-refractivity contribution in [2.45, 2.75) is 6.42 Å². The number of imidazole rings is 1. The van der Waals surface area contributed by atoms with E-state index in [0.29, 0.717) is 0 Å². The van der Waals surface area contributed by atoms with Gasteiger partial charge in [0.25, 0.3) is 0 Å². The van der Waals surface area contributed by atoms with Crippen LogP contribution in [0.15, 0.2) is 54.9 Å². The Hall–Kier alpha value is -2.29. The highest BCUT2D eigenvalue weighted by atomic mass is 16.5. The lowest BCUT2D eigenvalue weighted by Crippen LogP contribution is -1.93. The minimum absolute atomic E-state index is 0.783. The molecule has 0 aliphatic carbocycles. The molecule has 3 nitrogen and oxygen atoms in total. The highest BCUT2D eigenvalue weighted by molar-refractivity contribution is 5.42. The fraction of sp³-hybridized carbons (Fsp3) is 0.133. The predicted molar refractivity (Wildman–Crippen MR) is 71.0 cm³/mol. The van der Waals surface area contributed by atoms with Crippen molar-refractivity contribution in [3.63, 3.8) is 0 Å². The maximum absolute atomic E-state index is 5.36. The Bertz CT molecular complexity index is 640. The van der Waals surface area contributed by atoms with Gasteiger partial charge in [0.2, 0.25) is 0 Å². The monoisotopic (exact) mass is 238 g/mol. The van der Waals surface area contributed by atoms with Gasteiger partial charge in [-0.3, -0.25) is 0 Å². The molecule has 3 aromatic rings. The molecule has 3 heteroatoms. The highest BCUT2D eigenvalue weighted by Crippen LogP contribution is 2.20. The number of pyridine rings is 1. The molecule has 0 fully saturated rings. The van der Waals surface area contributed by atoms with Crippen LogP contribution in [0.1, 0.15) is 11.3 Å². The molecule has 2 heterocycles. The summed E-state index contributed by atoms with van der Waals surface area (Å²) in [5.41, 5.74) is 3.18. The molecule has 0 aliphatic rings. The maximum atomic E-state index is 5.36. The Morgan fingerprint density at radius 1 is 1.11 bits per heavy atom. The molecule has 90 valence electrons. The van der Waals surface area contributed by atoms with E-state index in [1.54, 1.807) is 7.11 Å². The molecule has 1 aromatic carbocycles. The fourth-order valence-corrected chi connectivity index (χ4v) is 2.12. The van der Waals surface area contributed by atoms with Crippen LogP contribution in [0.2, 0.25) is 0 Å². The third-order valence-electron chi connectivity index (χ3n) is 2.98. The number of ether oxygens (including phenoxy) is 1. The summed E-state index contributed by atoms with van der Waals surface area (Å²) in [7, 11) is 1.70. The first-order chi connectivity index (χ1) is 8.86.